The van der Waals surface area contributed by atoms with Crippen molar-refractivity contribution in [3.63, 3.8) is 0 Å². The van der Waals surface area contributed by atoms with Crippen LogP contribution in [-0.4, -0.2) is 44.0 Å². The summed E-state index contributed by atoms with van der Waals surface area (Å²) in [6.07, 6.45) is 2.18. The van der Waals surface area contributed by atoms with Crippen LogP contribution in [-0.2, 0) is 4.79 Å². The van der Waals surface area contributed by atoms with Crippen LogP contribution in [0.15, 0.2) is 50.7 Å². The van der Waals surface area contributed by atoms with Gasteiger partial charge < -0.3 is 0 Å². The van der Waals surface area contributed by atoms with Crippen LogP contribution in [0.5, 0.6) is 0 Å². The Kier molecular flexibility index (Phi) is 4.26. The van der Waals surface area contributed by atoms with Gasteiger partial charge in [0.15, 0.2) is 11.2 Å². The largest absolute Gasteiger partial charge is 0.281 e. The summed E-state index contributed by atoms with van der Waals surface area (Å²) in [5.41, 5.74) is 1.37. The van der Waals surface area contributed by atoms with Gasteiger partial charge >= 0.3 is 0 Å². The summed E-state index contributed by atoms with van der Waals surface area (Å²) in [5.74, 6) is -0.176. The highest BCUT2D eigenvalue weighted by molar-refractivity contribution is 9.09. The lowest BCUT2D eigenvalue weighted by Crippen LogP contribution is -2.32. The predicted molar refractivity (Wildman–Crippen MR) is 99.3 cm³/mol. The van der Waals surface area contributed by atoms with Gasteiger partial charge in [-0.25, -0.2) is 0 Å². The van der Waals surface area contributed by atoms with E-state index >= 15 is 0 Å². The number of nitrogens with zero attached hydrogens (tertiary/aromatic N) is 5. The normalized spacial score (nSPS) is 32.4. The van der Waals surface area contributed by atoms with Gasteiger partial charge in [0.05, 0.1) is 17.4 Å². The van der Waals surface area contributed by atoms with Crippen molar-refractivity contribution < 1.29 is 4.79 Å². The molecule has 1 fully saturated rings. The molecule has 1 saturated carbocycles. The number of amides is 1. The van der Waals surface area contributed by atoms with Crippen molar-refractivity contribution >= 4 is 50.2 Å². The lowest BCUT2D eigenvalue weighted by molar-refractivity contribution is -0.125. The number of carbonyl (C=O) groups excluding carboxylic acids is 1. The average molecular weight is 406 g/mol. The maximum absolute atomic E-state index is 12.7. The summed E-state index contributed by atoms with van der Waals surface area (Å²) in [6, 6.07) is 9.01. The summed E-state index contributed by atoms with van der Waals surface area (Å²) in [7, 11) is 0. The molecule has 0 spiro atoms. The molecule has 4 atom stereocenters. The molecule has 6 nitrogen and oxygen atoms in total. The van der Waals surface area contributed by atoms with E-state index in [-0.39, 0.29) is 11.9 Å². The van der Waals surface area contributed by atoms with Gasteiger partial charge in [-0.1, -0.05) is 45.9 Å². The quantitative estimate of drug-likeness (QED) is 0.555. The van der Waals surface area contributed by atoms with Gasteiger partial charge in [-0.05, 0) is 31.9 Å². The maximum Gasteiger partial charge on any atom is 0.281 e. The van der Waals surface area contributed by atoms with E-state index in [9.17, 15) is 4.79 Å². The third-order valence-corrected chi connectivity index (χ3v) is 7.10. The molecule has 2 aliphatic heterocycles. The van der Waals surface area contributed by atoms with Gasteiger partial charge in [0.1, 0.15) is 0 Å². The molecule has 4 unspecified atom stereocenters. The second-order valence-corrected chi connectivity index (χ2v) is 8.32. The van der Waals surface area contributed by atoms with Crippen molar-refractivity contribution in [2.45, 2.75) is 41.9 Å². The van der Waals surface area contributed by atoms with Crippen LogP contribution < -0.4 is 0 Å². The fourth-order valence-corrected chi connectivity index (χ4v) is 5.28. The number of carbonyl (C=O) groups is 1. The van der Waals surface area contributed by atoms with Gasteiger partial charge in [0.25, 0.3) is 5.91 Å². The number of hydrazone groups is 1. The van der Waals surface area contributed by atoms with E-state index in [0.717, 1.165) is 18.5 Å². The lowest BCUT2D eigenvalue weighted by Gasteiger charge is -2.14. The molecule has 0 N–H and O–H groups in total. The molecule has 24 heavy (non-hydrogen) atoms. The highest BCUT2D eigenvalue weighted by Gasteiger charge is 2.45. The molecule has 8 heteroatoms. The van der Waals surface area contributed by atoms with Crippen molar-refractivity contribution in [1.82, 2.24) is 5.01 Å². The van der Waals surface area contributed by atoms with Crippen molar-refractivity contribution in [1.29, 1.82) is 0 Å². The number of halogens is 1. The molecule has 0 aromatic heterocycles. The fourth-order valence-electron chi connectivity index (χ4n) is 3.03. The van der Waals surface area contributed by atoms with Gasteiger partial charge in [0, 0.05) is 10.1 Å². The Labute approximate surface area is 152 Å². The molecule has 1 aliphatic carbocycles. The number of rotatable bonds is 2. The third kappa shape index (κ3) is 2.82. The molecule has 1 aromatic rings. The minimum absolute atomic E-state index is 0.176. The van der Waals surface area contributed by atoms with Gasteiger partial charge in [0.2, 0.25) is 0 Å². The van der Waals surface area contributed by atoms with Crippen LogP contribution >= 0.6 is 27.7 Å². The van der Waals surface area contributed by atoms with Crippen molar-refractivity contribution in [2.24, 2.45) is 20.3 Å². The lowest BCUT2D eigenvalue weighted by atomic mass is 10.2. The first-order valence-corrected chi connectivity index (χ1v) is 9.66. The van der Waals surface area contributed by atoms with Gasteiger partial charge in [-0.2, -0.15) is 20.3 Å². The summed E-state index contributed by atoms with van der Waals surface area (Å²) in [4.78, 5) is 17.8. The first-order chi connectivity index (χ1) is 11.6. The zero-order valence-electron chi connectivity index (χ0n) is 13.0. The number of azo groups is 1. The smallest absolute Gasteiger partial charge is 0.269 e. The van der Waals surface area contributed by atoms with E-state index < -0.39 is 6.04 Å². The maximum atomic E-state index is 12.7. The number of fused-ring (bicyclic) bond motifs is 1. The molecule has 1 amide bonds. The molecule has 3 aliphatic rings. The Morgan fingerprint density at radius 3 is 2.83 bits per heavy atom. The molecule has 0 radical (unpaired) electrons. The van der Waals surface area contributed by atoms with E-state index in [1.165, 1.54) is 5.01 Å². The average Bonchev–Trinajstić information content (AvgIpc) is 3.23. The molecule has 2 heterocycles. The molecular weight excluding hydrogens is 390 g/mol. The van der Waals surface area contributed by atoms with Crippen molar-refractivity contribution in [3.8, 4) is 0 Å². The highest BCUT2D eigenvalue weighted by atomic mass is 79.9. The Balaban J connectivity index is 1.50. The molecule has 1 aromatic carbocycles. The summed E-state index contributed by atoms with van der Waals surface area (Å²) in [6.45, 7) is 1.81. The highest BCUT2D eigenvalue weighted by Crippen LogP contribution is 2.43. The summed E-state index contributed by atoms with van der Waals surface area (Å²) >= 11 is 5.34. The number of amidine groups is 1. The topological polar surface area (TPSA) is 69.8 Å². The minimum Gasteiger partial charge on any atom is -0.269 e. The number of hydrogen-bond acceptors (Lipinski definition) is 6. The van der Waals surface area contributed by atoms with Crippen LogP contribution in [0, 0.1) is 0 Å². The van der Waals surface area contributed by atoms with Crippen molar-refractivity contribution in [2.75, 3.05) is 0 Å². The van der Waals surface area contributed by atoms with Crippen LogP contribution in [0.3, 0.4) is 0 Å². The summed E-state index contributed by atoms with van der Waals surface area (Å²) in [5, 5.41) is 15.2. The zero-order valence-corrected chi connectivity index (χ0v) is 15.4. The zero-order chi connectivity index (χ0) is 16.7. The SMILES string of the molecule is CC1=NN(C2=NC3CCC(Br)C3S2)C(=O)C1N=Nc1ccccc1. The fraction of sp³-hybridized carbons (Fsp3) is 0.438. The minimum atomic E-state index is -0.659. The second kappa shape index (κ2) is 6.40. The summed E-state index contributed by atoms with van der Waals surface area (Å²) < 4.78 is 0. The standard InChI is InChI=1S/C16H16BrN5OS/c1-9-13(20-19-10-5-3-2-4-6-10)15(23)22(21-9)16-18-12-8-7-11(17)14(12)24-16/h2-6,11-14H,7-8H2,1H3. The van der Waals surface area contributed by atoms with E-state index in [2.05, 4.69) is 31.3 Å². The van der Waals surface area contributed by atoms with Crippen LogP contribution in [0.4, 0.5) is 5.69 Å². The van der Waals surface area contributed by atoms with E-state index in [0.29, 0.717) is 21.0 Å². The monoisotopic (exact) mass is 405 g/mol. The molecule has 124 valence electrons. The molecule has 0 saturated heterocycles. The first kappa shape index (κ1) is 16.0. The number of alkyl halides is 1. The molecule has 4 rings (SSSR count). The Morgan fingerprint density at radius 2 is 2.08 bits per heavy atom. The Morgan fingerprint density at radius 1 is 1.29 bits per heavy atom. The van der Waals surface area contributed by atoms with E-state index in [1.54, 1.807) is 18.7 Å². The van der Waals surface area contributed by atoms with Gasteiger partial charge in [-0.3, -0.25) is 9.79 Å². The second-order valence-electron chi connectivity index (χ2n) is 6.00. The molecular formula is C16H16BrN5OS. The van der Waals surface area contributed by atoms with Crippen LogP contribution in [0.25, 0.3) is 0 Å². The van der Waals surface area contributed by atoms with Crippen LogP contribution in [0.2, 0.25) is 0 Å². The van der Waals surface area contributed by atoms with Crippen molar-refractivity contribution in [3.05, 3.63) is 30.3 Å². The Hall–Kier alpha value is -1.54. The predicted octanol–water partition coefficient (Wildman–Crippen LogP) is 3.75. The number of thioether (sulfide) groups is 1. The molecule has 0 bridgehead atoms. The number of benzene rings is 1. The van der Waals surface area contributed by atoms with Gasteiger partial charge in [-0.15, -0.1) is 0 Å². The number of aliphatic imine (C=N–C) groups is 1. The first-order valence-electron chi connectivity index (χ1n) is 7.87. The van der Waals surface area contributed by atoms with Crippen LogP contribution in [0.1, 0.15) is 19.8 Å². The van der Waals surface area contributed by atoms with E-state index in [1.807, 2.05) is 30.3 Å². The Bertz CT molecular complexity index is 750. The van der Waals surface area contributed by atoms with E-state index in [4.69, 9.17) is 4.99 Å². The number of hydrogen-bond donors (Lipinski definition) is 0. The third-order valence-electron chi connectivity index (χ3n) is 4.31.